The third-order valence-corrected chi connectivity index (χ3v) is 2.24. The molecule has 0 unspecified atom stereocenters. The van der Waals surface area contributed by atoms with E-state index in [9.17, 15) is 0 Å². The summed E-state index contributed by atoms with van der Waals surface area (Å²) in [6.45, 7) is 0. The SMILES string of the molecule is CSc1nc(N)n(-c2ccncc2)n1. The minimum atomic E-state index is 0.389. The second kappa shape index (κ2) is 3.67. The number of anilines is 1. The molecule has 2 aromatic heterocycles. The molecule has 14 heavy (non-hydrogen) atoms. The molecule has 0 aliphatic rings. The molecule has 2 N–H and O–H groups in total. The molecular weight excluding hydrogens is 198 g/mol. The van der Waals surface area contributed by atoms with E-state index >= 15 is 0 Å². The molecule has 2 aromatic rings. The highest BCUT2D eigenvalue weighted by Crippen LogP contribution is 2.15. The summed E-state index contributed by atoms with van der Waals surface area (Å²) < 4.78 is 1.59. The fourth-order valence-corrected chi connectivity index (χ4v) is 1.41. The minimum absolute atomic E-state index is 0.389. The summed E-state index contributed by atoms with van der Waals surface area (Å²) >= 11 is 1.46. The molecule has 2 rings (SSSR count). The number of nitrogens with two attached hydrogens (primary N) is 1. The van der Waals surface area contributed by atoms with Crippen LogP contribution in [-0.2, 0) is 0 Å². The molecule has 72 valence electrons. The average Bonchev–Trinajstić information content (AvgIpc) is 2.61. The molecule has 0 saturated carbocycles. The summed E-state index contributed by atoms with van der Waals surface area (Å²) in [6, 6.07) is 3.66. The number of nitrogen functional groups attached to an aromatic ring is 1. The summed E-state index contributed by atoms with van der Waals surface area (Å²) in [7, 11) is 0. The standard InChI is InChI=1S/C8H9N5S/c1-14-8-11-7(9)13(12-8)6-2-4-10-5-3-6/h2-5H,1H3,(H2,9,11,12). The van der Waals surface area contributed by atoms with Crippen LogP contribution in [0.2, 0.25) is 0 Å². The van der Waals surface area contributed by atoms with E-state index in [4.69, 9.17) is 5.73 Å². The Hall–Kier alpha value is -1.56. The monoisotopic (exact) mass is 207 g/mol. The summed E-state index contributed by atoms with van der Waals surface area (Å²) in [6.07, 6.45) is 5.29. The third-order valence-electron chi connectivity index (χ3n) is 1.70. The maximum atomic E-state index is 5.70. The van der Waals surface area contributed by atoms with Gasteiger partial charge in [-0.15, -0.1) is 5.10 Å². The van der Waals surface area contributed by atoms with Crippen molar-refractivity contribution < 1.29 is 0 Å². The maximum absolute atomic E-state index is 5.70. The quantitative estimate of drug-likeness (QED) is 0.743. The Kier molecular flexibility index (Phi) is 2.36. The Morgan fingerprint density at radius 2 is 2.07 bits per heavy atom. The largest absolute Gasteiger partial charge is 0.368 e. The van der Waals surface area contributed by atoms with Crippen LogP contribution < -0.4 is 5.73 Å². The molecule has 0 radical (unpaired) electrons. The summed E-state index contributed by atoms with van der Waals surface area (Å²) in [5.41, 5.74) is 6.57. The van der Waals surface area contributed by atoms with Gasteiger partial charge in [-0.05, 0) is 18.4 Å². The Balaban J connectivity index is 2.46. The van der Waals surface area contributed by atoms with Gasteiger partial charge in [-0.2, -0.15) is 9.67 Å². The topological polar surface area (TPSA) is 69.6 Å². The number of pyridine rings is 1. The summed E-state index contributed by atoms with van der Waals surface area (Å²) in [4.78, 5) is 8.00. The van der Waals surface area contributed by atoms with Gasteiger partial charge in [0.15, 0.2) is 0 Å². The Labute approximate surface area is 85.4 Å². The van der Waals surface area contributed by atoms with Crippen LogP contribution in [0.15, 0.2) is 29.7 Å². The van der Waals surface area contributed by atoms with Crippen LogP contribution in [0, 0.1) is 0 Å². The van der Waals surface area contributed by atoms with Crippen LogP contribution in [0.4, 0.5) is 5.95 Å². The normalized spacial score (nSPS) is 10.4. The van der Waals surface area contributed by atoms with Crippen LogP contribution in [0.3, 0.4) is 0 Å². The van der Waals surface area contributed by atoms with Gasteiger partial charge in [-0.3, -0.25) is 4.98 Å². The van der Waals surface area contributed by atoms with E-state index in [0.717, 1.165) is 5.69 Å². The average molecular weight is 207 g/mol. The first kappa shape index (κ1) is 9.01. The van der Waals surface area contributed by atoms with Crippen LogP contribution in [0.25, 0.3) is 5.69 Å². The van der Waals surface area contributed by atoms with Crippen LogP contribution in [-0.4, -0.2) is 26.0 Å². The Bertz CT molecular complexity index is 425. The van der Waals surface area contributed by atoms with Crippen molar-refractivity contribution in [2.75, 3.05) is 12.0 Å². The lowest BCUT2D eigenvalue weighted by atomic mass is 10.4. The fourth-order valence-electron chi connectivity index (χ4n) is 1.07. The van der Waals surface area contributed by atoms with Gasteiger partial charge in [-0.25, -0.2) is 0 Å². The lowest BCUT2D eigenvalue weighted by Crippen LogP contribution is -2.02. The van der Waals surface area contributed by atoms with E-state index in [1.165, 1.54) is 11.8 Å². The fraction of sp³-hybridized carbons (Fsp3) is 0.125. The number of rotatable bonds is 2. The van der Waals surface area contributed by atoms with Crippen molar-refractivity contribution in [1.29, 1.82) is 0 Å². The third kappa shape index (κ3) is 1.56. The highest BCUT2D eigenvalue weighted by Gasteiger charge is 2.06. The van der Waals surface area contributed by atoms with Crippen LogP contribution >= 0.6 is 11.8 Å². The molecule has 2 heterocycles. The van der Waals surface area contributed by atoms with Gasteiger partial charge in [0, 0.05) is 12.4 Å². The lowest BCUT2D eigenvalue weighted by molar-refractivity contribution is 0.840. The van der Waals surface area contributed by atoms with E-state index in [1.807, 2.05) is 18.4 Å². The van der Waals surface area contributed by atoms with Gasteiger partial charge < -0.3 is 5.73 Å². The lowest BCUT2D eigenvalue weighted by Gasteiger charge is -1.99. The van der Waals surface area contributed by atoms with Gasteiger partial charge in [-0.1, -0.05) is 11.8 Å². The molecule has 0 bridgehead atoms. The smallest absolute Gasteiger partial charge is 0.224 e. The first-order valence-corrected chi connectivity index (χ1v) is 5.20. The zero-order valence-electron chi connectivity index (χ0n) is 7.58. The zero-order chi connectivity index (χ0) is 9.97. The molecule has 0 atom stereocenters. The Morgan fingerprint density at radius 3 is 2.64 bits per heavy atom. The van der Waals surface area contributed by atoms with Gasteiger partial charge in [0.2, 0.25) is 11.1 Å². The maximum Gasteiger partial charge on any atom is 0.224 e. The molecule has 5 nitrogen and oxygen atoms in total. The van der Waals surface area contributed by atoms with Crippen LogP contribution in [0.5, 0.6) is 0 Å². The van der Waals surface area contributed by atoms with E-state index < -0.39 is 0 Å². The van der Waals surface area contributed by atoms with Crippen molar-refractivity contribution in [3.63, 3.8) is 0 Å². The predicted octanol–water partition coefficient (Wildman–Crippen LogP) is 0.966. The first-order chi connectivity index (χ1) is 6.81. The van der Waals surface area contributed by atoms with Gasteiger partial charge in [0.1, 0.15) is 0 Å². The van der Waals surface area contributed by atoms with E-state index in [2.05, 4.69) is 15.1 Å². The van der Waals surface area contributed by atoms with Gasteiger partial charge >= 0.3 is 0 Å². The second-order valence-electron chi connectivity index (χ2n) is 2.57. The summed E-state index contributed by atoms with van der Waals surface area (Å²) in [5.74, 6) is 0.389. The van der Waals surface area contributed by atoms with Gasteiger partial charge in [0.05, 0.1) is 5.69 Å². The van der Waals surface area contributed by atoms with Crippen molar-refractivity contribution in [3.05, 3.63) is 24.5 Å². The highest BCUT2D eigenvalue weighted by atomic mass is 32.2. The number of hydrogen-bond acceptors (Lipinski definition) is 5. The van der Waals surface area contributed by atoms with Crippen molar-refractivity contribution in [1.82, 2.24) is 19.7 Å². The molecule has 0 aromatic carbocycles. The predicted molar refractivity (Wildman–Crippen MR) is 55.3 cm³/mol. The van der Waals surface area contributed by atoms with Gasteiger partial charge in [0.25, 0.3) is 0 Å². The molecule has 0 saturated heterocycles. The van der Waals surface area contributed by atoms with Crippen LogP contribution in [0.1, 0.15) is 0 Å². The van der Waals surface area contributed by atoms with E-state index in [1.54, 1.807) is 17.1 Å². The van der Waals surface area contributed by atoms with E-state index in [-0.39, 0.29) is 0 Å². The first-order valence-electron chi connectivity index (χ1n) is 3.98. The molecular formula is C8H9N5S. The van der Waals surface area contributed by atoms with Crippen molar-refractivity contribution in [3.8, 4) is 5.69 Å². The van der Waals surface area contributed by atoms with E-state index in [0.29, 0.717) is 11.1 Å². The van der Waals surface area contributed by atoms with Crippen molar-refractivity contribution in [2.45, 2.75) is 5.16 Å². The second-order valence-corrected chi connectivity index (χ2v) is 3.35. The molecule has 6 heteroatoms. The highest BCUT2D eigenvalue weighted by molar-refractivity contribution is 7.98. The number of aromatic nitrogens is 4. The molecule has 0 amide bonds. The molecule has 0 spiro atoms. The van der Waals surface area contributed by atoms with Crippen molar-refractivity contribution >= 4 is 17.7 Å². The Morgan fingerprint density at radius 1 is 1.36 bits per heavy atom. The number of thioether (sulfide) groups is 1. The minimum Gasteiger partial charge on any atom is -0.368 e. The summed E-state index contributed by atoms with van der Waals surface area (Å²) in [5, 5.41) is 4.88. The molecule has 0 aliphatic carbocycles. The van der Waals surface area contributed by atoms with Crippen molar-refractivity contribution in [2.24, 2.45) is 0 Å². The number of nitrogens with zero attached hydrogens (tertiary/aromatic N) is 4. The molecule has 0 fully saturated rings. The molecule has 0 aliphatic heterocycles. The zero-order valence-corrected chi connectivity index (χ0v) is 8.40. The number of hydrogen-bond donors (Lipinski definition) is 1.